The Hall–Kier alpha value is -4.47. The number of aryl methyl sites for hydroxylation is 1. The molecule has 2 heterocycles. The first kappa shape index (κ1) is 19.8. The van der Waals surface area contributed by atoms with Gasteiger partial charge in [0.1, 0.15) is 0 Å². The fourth-order valence-electron chi connectivity index (χ4n) is 3.20. The number of hydrogen-bond donors (Lipinski definition) is 4. The van der Waals surface area contributed by atoms with Crippen molar-refractivity contribution in [1.29, 1.82) is 0 Å². The van der Waals surface area contributed by atoms with Gasteiger partial charge in [0.2, 0.25) is 5.91 Å². The van der Waals surface area contributed by atoms with Crippen LogP contribution in [0.15, 0.2) is 64.2 Å². The van der Waals surface area contributed by atoms with Crippen molar-refractivity contribution >= 4 is 28.3 Å². The van der Waals surface area contributed by atoms with E-state index >= 15 is 0 Å². The minimum atomic E-state index is -0.556. The van der Waals surface area contributed by atoms with Crippen molar-refractivity contribution in [3.05, 3.63) is 86.7 Å². The van der Waals surface area contributed by atoms with Gasteiger partial charge in [-0.3, -0.25) is 29.4 Å². The zero-order valence-corrected chi connectivity index (χ0v) is 16.4. The van der Waals surface area contributed by atoms with E-state index in [1.165, 1.54) is 12.1 Å². The van der Waals surface area contributed by atoms with Crippen molar-refractivity contribution in [2.45, 2.75) is 6.92 Å². The molecule has 10 nitrogen and oxygen atoms in total. The maximum absolute atomic E-state index is 12.4. The topological polar surface area (TPSA) is 142 Å². The molecule has 2 aromatic heterocycles. The number of aromatic amines is 2. The molecule has 31 heavy (non-hydrogen) atoms. The van der Waals surface area contributed by atoms with Crippen molar-refractivity contribution in [2.75, 3.05) is 11.9 Å². The minimum Gasteiger partial charge on any atom is -0.342 e. The number of para-hydroxylation sites is 1. The van der Waals surface area contributed by atoms with Gasteiger partial charge in [0.05, 0.1) is 28.7 Å². The zero-order chi connectivity index (χ0) is 22.0. The largest absolute Gasteiger partial charge is 0.342 e. The highest BCUT2D eigenvalue weighted by Crippen LogP contribution is 2.16. The Morgan fingerprint density at radius 1 is 1.00 bits per heavy atom. The number of H-pyrrole nitrogens is 2. The van der Waals surface area contributed by atoms with E-state index in [2.05, 4.69) is 25.9 Å². The predicted octanol–water partition coefficient (Wildman–Crippen LogP) is 1.08. The number of aromatic nitrogens is 4. The number of rotatable bonds is 5. The van der Waals surface area contributed by atoms with Crippen LogP contribution in [0, 0.1) is 6.92 Å². The fourth-order valence-corrected chi connectivity index (χ4v) is 3.20. The summed E-state index contributed by atoms with van der Waals surface area (Å²) in [6.45, 7) is 1.48. The Labute approximate surface area is 174 Å². The van der Waals surface area contributed by atoms with Crippen LogP contribution >= 0.6 is 0 Å². The Morgan fingerprint density at radius 2 is 1.74 bits per heavy atom. The van der Waals surface area contributed by atoms with Crippen LogP contribution in [0.1, 0.15) is 16.2 Å². The molecule has 156 valence electrons. The molecular weight excluding hydrogens is 400 g/mol. The van der Waals surface area contributed by atoms with Gasteiger partial charge < -0.3 is 10.6 Å². The number of fused-ring (bicyclic) bond motifs is 1. The summed E-state index contributed by atoms with van der Waals surface area (Å²) in [4.78, 5) is 48.7. The zero-order valence-electron chi connectivity index (χ0n) is 16.4. The molecule has 0 saturated heterocycles. The van der Waals surface area contributed by atoms with Crippen molar-refractivity contribution in [1.82, 2.24) is 25.3 Å². The van der Waals surface area contributed by atoms with Crippen molar-refractivity contribution in [3.8, 4) is 5.69 Å². The van der Waals surface area contributed by atoms with E-state index in [1.807, 2.05) is 37.3 Å². The molecule has 0 spiro atoms. The van der Waals surface area contributed by atoms with E-state index in [0.29, 0.717) is 0 Å². The normalized spacial score (nSPS) is 10.7. The van der Waals surface area contributed by atoms with Crippen LogP contribution < -0.4 is 21.8 Å². The van der Waals surface area contributed by atoms with Gasteiger partial charge in [0.15, 0.2) is 5.69 Å². The molecule has 10 heteroatoms. The lowest BCUT2D eigenvalue weighted by Gasteiger charge is -2.08. The van der Waals surface area contributed by atoms with Crippen molar-refractivity contribution < 1.29 is 9.59 Å². The molecule has 4 N–H and O–H groups in total. The lowest BCUT2D eigenvalue weighted by molar-refractivity contribution is -0.115. The monoisotopic (exact) mass is 418 g/mol. The van der Waals surface area contributed by atoms with Crippen molar-refractivity contribution in [3.63, 3.8) is 0 Å². The molecule has 0 saturated carbocycles. The number of carbonyl (C=O) groups is 2. The van der Waals surface area contributed by atoms with Crippen LogP contribution in [0.2, 0.25) is 0 Å². The highest BCUT2D eigenvalue weighted by Gasteiger charge is 2.15. The van der Waals surface area contributed by atoms with E-state index in [9.17, 15) is 19.2 Å². The summed E-state index contributed by atoms with van der Waals surface area (Å²) in [6.07, 6.45) is 0. The average molecular weight is 418 g/mol. The number of carbonyl (C=O) groups excluding carboxylic acids is 2. The summed E-state index contributed by atoms with van der Waals surface area (Å²) in [5.74, 6) is -1.07. The average Bonchev–Trinajstić information content (AvgIpc) is 3.17. The first-order valence-corrected chi connectivity index (χ1v) is 9.38. The van der Waals surface area contributed by atoms with Crippen LogP contribution in [0.5, 0.6) is 0 Å². The Kier molecular flexibility index (Phi) is 5.19. The van der Waals surface area contributed by atoms with E-state index in [4.69, 9.17) is 0 Å². The van der Waals surface area contributed by atoms with Gasteiger partial charge in [-0.2, -0.15) is 5.10 Å². The van der Waals surface area contributed by atoms with Crippen LogP contribution in [-0.4, -0.2) is 38.3 Å². The van der Waals surface area contributed by atoms with Gasteiger partial charge in [0.25, 0.3) is 17.0 Å². The predicted molar refractivity (Wildman–Crippen MR) is 114 cm³/mol. The molecule has 4 rings (SSSR count). The highest BCUT2D eigenvalue weighted by molar-refractivity contribution is 6.03. The standard InChI is InChI=1S/C21H18N6O4/c1-12-10-16(26-27(12)13-6-3-2-4-7-13)20(30)22-11-17(28)23-15-9-5-8-14-18(15)21(31)25-24-19(14)29/h2-10H,11H2,1H3,(H,22,30)(H,23,28)(H,24,29)(H,25,31). The fraction of sp³-hybridized carbons (Fsp3) is 0.0952. The molecule has 0 unspecified atom stereocenters. The molecule has 0 fully saturated rings. The van der Waals surface area contributed by atoms with Crippen LogP contribution in [0.25, 0.3) is 16.5 Å². The maximum Gasteiger partial charge on any atom is 0.272 e. The number of nitrogens with one attached hydrogen (secondary N) is 4. The summed E-state index contributed by atoms with van der Waals surface area (Å²) >= 11 is 0. The number of hydrogen-bond acceptors (Lipinski definition) is 5. The molecule has 0 aliphatic carbocycles. The van der Waals surface area contributed by atoms with Crippen molar-refractivity contribution in [2.24, 2.45) is 0 Å². The first-order valence-electron chi connectivity index (χ1n) is 9.38. The number of amides is 2. The first-order chi connectivity index (χ1) is 14.9. The Bertz CT molecular complexity index is 1400. The van der Waals surface area contributed by atoms with Gasteiger partial charge in [-0.25, -0.2) is 4.68 Å². The summed E-state index contributed by atoms with van der Waals surface area (Å²) in [5, 5.41) is 14.0. The second kappa shape index (κ2) is 8.11. The Balaban J connectivity index is 1.46. The van der Waals surface area contributed by atoms with Gasteiger partial charge in [0, 0.05) is 5.69 Å². The second-order valence-electron chi connectivity index (χ2n) is 6.79. The molecule has 2 amide bonds. The van der Waals surface area contributed by atoms with Crippen LogP contribution in [-0.2, 0) is 4.79 Å². The number of nitrogens with zero attached hydrogens (tertiary/aromatic N) is 2. The smallest absolute Gasteiger partial charge is 0.272 e. The van der Waals surface area contributed by atoms with E-state index in [0.717, 1.165) is 11.4 Å². The molecule has 0 aliphatic heterocycles. The molecule has 0 aliphatic rings. The quantitative estimate of drug-likeness (QED) is 0.384. The van der Waals surface area contributed by atoms with E-state index in [-0.39, 0.29) is 28.7 Å². The number of anilines is 1. The summed E-state index contributed by atoms with van der Waals surface area (Å²) < 4.78 is 1.63. The maximum atomic E-state index is 12.4. The second-order valence-corrected chi connectivity index (χ2v) is 6.79. The SMILES string of the molecule is Cc1cc(C(=O)NCC(=O)Nc2cccc3c(=O)[nH][nH]c(=O)c23)nn1-c1ccccc1. The van der Waals surface area contributed by atoms with Gasteiger partial charge in [-0.05, 0) is 37.3 Å². The summed E-state index contributed by atoms with van der Waals surface area (Å²) in [6, 6.07) is 15.5. The van der Waals surface area contributed by atoms with Gasteiger partial charge in [-0.1, -0.05) is 24.3 Å². The molecular formula is C21H18N6O4. The highest BCUT2D eigenvalue weighted by atomic mass is 16.2. The third-order valence-corrected chi connectivity index (χ3v) is 4.63. The lowest BCUT2D eigenvalue weighted by Crippen LogP contribution is -2.33. The minimum absolute atomic E-state index is 0.0585. The molecule has 2 aromatic carbocycles. The van der Waals surface area contributed by atoms with Crippen LogP contribution in [0.3, 0.4) is 0 Å². The number of benzene rings is 2. The van der Waals surface area contributed by atoms with Gasteiger partial charge >= 0.3 is 0 Å². The third-order valence-electron chi connectivity index (χ3n) is 4.63. The molecule has 0 atom stereocenters. The Morgan fingerprint density at radius 3 is 2.52 bits per heavy atom. The molecule has 4 aromatic rings. The van der Waals surface area contributed by atoms with E-state index in [1.54, 1.807) is 16.8 Å². The van der Waals surface area contributed by atoms with Crippen LogP contribution in [0.4, 0.5) is 5.69 Å². The van der Waals surface area contributed by atoms with E-state index < -0.39 is 22.9 Å². The molecule has 0 radical (unpaired) electrons. The lowest BCUT2D eigenvalue weighted by atomic mass is 10.1. The summed E-state index contributed by atoms with van der Waals surface area (Å²) in [7, 11) is 0. The summed E-state index contributed by atoms with van der Waals surface area (Å²) in [5.41, 5.74) is 0.893. The van der Waals surface area contributed by atoms with Gasteiger partial charge in [-0.15, -0.1) is 0 Å². The molecule has 0 bridgehead atoms. The third kappa shape index (κ3) is 3.99.